The number of amides is 2. The van der Waals surface area contributed by atoms with Crippen molar-refractivity contribution in [2.24, 2.45) is 13.0 Å². The highest BCUT2D eigenvalue weighted by Crippen LogP contribution is 2.29. The molecule has 6 rings (SSSR count). The fourth-order valence-electron chi connectivity index (χ4n) is 6.77. The molecule has 2 amide bonds. The van der Waals surface area contributed by atoms with Gasteiger partial charge in [0.2, 0.25) is 5.91 Å². The number of ether oxygens (including phenoxy) is 1. The molecule has 1 atom stereocenters. The summed E-state index contributed by atoms with van der Waals surface area (Å²) in [5.74, 6) is 0.984. The highest BCUT2D eigenvalue weighted by molar-refractivity contribution is 6.00. The summed E-state index contributed by atoms with van der Waals surface area (Å²) in [6, 6.07) is 12.8. The maximum absolute atomic E-state index is 13.7. The molecule has 224 valence electrons. The van der Waals surface area contributed by atoms with Crippen LogP contribution in [0.25, 0.3) is 11.0 Å². The standard InChI is InChI=1S/C32H42N6O4/c1-34-27-8-5-25(21-36-17-15-35(16-18-36)20-24-11-13-33-14-12-24)19-29(27)38(32(34)41)28-9-10-30(39)37(31(28)40)22-23-3-6-26(42-2)7-4-23/h3-8,19,24,28,33H,9-18,20-22H2,1-2H3. The van der Waals surface area contributed by atoms with Gasteiger partial charge in [0.05, 0.1) is 24.7 Å². The molecule has 3 aliphatic rings. The number of fused-ring (bicyclic) bond motifs is 1. The molecule has 3 aromatic rings. The van der Waals surface area contributed by atoms with E-state index in [4.69, 9.17) is 4.74 Å². The first-order chi connectivity index (χ1) is 20.4. The molecule has 0 saturated carbocycles. The summed E-state index contributed by atoms with van der Waals surface area (Å²) in [5, 5.41) is 3.46. The van der Waals surface area contributed by atoms with E-state index >= 15 is 0 Å². The lowest BCUT2D eigenvalue weighted by Gasteiger charge is -2.37. The Labute approximate surface area is 246 Å². The first-order valence-electron chi connectivity index (χ1n) is 15.2. The highest BCUT2D eigenvalue weighted by atomic mass is 16.5. The van der Waals surface area contributed by atoms with E-state index < -0.39 is 6.04 Å². The van der Waals surface area contributed by atoms with Gasteiger partial charge < -0.3 is 15.0 Å². The number of hydrogen-bond donors (Lipinski definition) is 1. The van der Waals surface area contributed by atoms with Gasteiger partial charge >= 0.3 is 5.69 Å². The highest BCUT2D eigenvalue weighted by Gasteiger charge is 2.37. The zero-order chi connectivity index (χ0) is 29.2. The van der Waals surface area contributed by atoms with Crippen LogP contribution in [0.4, 0.5) is 0 Å². The normalized spacial score (nSPS) is 21.4. The van der Waals surface area contributed by atoms with Crippen LogP contribution in [0.1, 0.15) is 42.9 Å². The number of piperidine rings is 2. The minimum atomic E-state index is -0.717. The van der Waals surface area contributed by atoms with E-state index in [0.717, 1.165) is 73.9 Å². The zero-order valence-corrected chi connectivity index (χ0v) is 24.8. The summed E-state index contributed by atoms with van der Waals surface area (Å²) in [5.41, 5.74) is 3.28. The van der Waals surface area contributed by atoms with Crippen LogP contribution < -0.4 is 15.7 Å². The predicted octanol–water partition coefficient (Wildman–Crippen LogP) is 2.36. The SMILES string of the molecule is COc1ccc(CN2C(=O)CCC(n3c(=O)n(C)c4ccc(CN5CCN(CC6CCNCC6)CC5)cc43)C2=O)cc1. The molecule has 1 N–H and O–H groups in total. The number of nitrogens with zero attached hydrogens (tertiary/aromatic N) is 5. The molecule has 42 heavy (non-hydrogen) atoms. The summed E-state index contributed by atoms with van der Waals surface area (Å²) >= 11 is 0. The molecule has 10 nitrogen and oxygen atoms in total. The summed E-state index contributed by atoms with van der Waals surface area (Å²) < 4.78 is 8.45. The molecule has 4 heterocycles. The van der Waals surface area contributed by atoms with Gasteiger partial charge in [0.25, 0.3) is 5.91 Å². The molecule has 0 aliphatic carbocycles. The summed E-state index contributed by atoms with van der Waals surface area (Å²) in [6.45, 7) is 8.66. The molecular weight excluding hydrogens is 532 g/mol. The van der Waals surface area contributed by atoms with E-state index in [0.29, 0.717) is 12.2 Å². The number of aromatic nitrogens is 2. The van der Waals surface area contributed by atoms with Crippen LogP contribution in [0, 0.1) is 5.92 Å². The van der Waals surface area contributed by atoms with Crippen molar-refractivity contribution < 1.29 is 14.3 Å². The van der Waals surface area contributed by atoms with Crippen LogP contribution in [-0.4, -0.2) is 88.6 Å². The number of aryl methyl sites for hydroxylation is 1. The molecular formula is C32H42N6O4. The van der Waals surface area contributed by atoms with E-state index in [1.807, 2.05) is 30.3 Å². The Morgan fingerprint density at radius 3 is 2.24 bits per heavy atom. The van der Waals surface area contributed by atoms with Crippen molar-refractivity contribution in [3.8, 4) is 5.75 Å². The van der Waals surface area contributed by atoms with Gasteiger partial charge in [-0.1, -0.05) is 18.2 Å². The maximum atomic E-state index is 13.7. The Bertz CT molecular complexity index is 1480. The molecule has 0 radical (unpaired) electrons. The number of piperazine rings is 1. The third-order valence-electron chi connectivity index (χ3n) is 9.30. The average molecular weight is 575 g/mol. The third kappa shape index (κ3) is 5.88. The van der Waals surface area contributed by atoms with Gasteiger partial charge in [-0.2, -0.15) is 0 Å². The van der Waals surface area contributed by atoms with E-state index in [9.17, 15) is 14.4 Å². The van der Waals surface area contributed by atoms with E-state index in [1.165, 1.54) is 24.3 Å². The molecule has 3 fully saturated rings. The topological polar surface area (TPSA) is 92.1 Å². The maximum Gasteiger partial charge on any atom is 0.329 e. The van der Waals surface area contributed by atoms with Gasteiger partial charge in [0.1, 0.15) is 11.8 Å². The molecule has 3 aliphatic heterocycles. The lowest BCUT2D eigenvalue weighted by molar-refractivity contribution is -0.151. The largest absolute Gasteiger partial charge is 0.497 e. The van der Waals surface area contributed by atoms with Crippen LogP contribution >= 0.6 is 0 Å². The van der Waals surface area contributed by atoms with Gasteiger partial charge in [-0.3, -0.25) is 28.5 Å². The Kier molecular flexibility index (Phi) is 8.46. The first-order valence-corrected chi connectivity index (χ1v) is 15.2. The van der Waals surface area contributed by atoms with Gasteiger partial charge in [-0.25, -0.2) is 4.79 Å². The van der Waals surface area contributed by atoms with E-state index in [-0.39, 0.29) is 30.5 Å². The third-order valence-corrected chi connectivity index (χ3v) is 9.30. The molecule has 10 heteroatoms. The molecule has 2 aromatic carbocycles. The van der Waals surface area contributed by atoms with Crippen molar-refractivity contribution in [2.75, 3.05) is 52.9 Å². The van der Waals surface area contributed by atoms with Crippen LogP contribution in [0.5, 0.6) is 5.75 Å². The fraction of sp³-hybridized carbons (Fsp3) is 0.531. The Hall–Kier alpha value is -3.47. The number of carbonyl (C=O) groups excluding carboxylic acids is 2. The van der Waals surface area contributed by atoms with Crippen molar-refractivity contribution in [1.82, 2.24) is 29.2 Å². The number of benzene rings is 2. The number of imidazole rings is 1. The van der Waals surface area contributed by atoms with Gasteiger partial charge in [-0.15, -0.1) is 0 Å². The zero-order valence-electron chi connectivity index (χ0n) is 24.8. The number of imide groups is 1. The van der Waals surface area contributed by atoms with Gasteiger partial charge in [-0.05, 0) is 73.7 Å². The van der Waals surface area contributed by atoms with Crippen molar-refractivity contribution in [3.63, 3.8) is 0 Å². The minimum absolute atomic E-state index is 0.173. The minimum Gasteiger partial charge on any atom is -0.497 e. The fourth-order valence-corrected chi connectivity index (χ4v) is 6.77. The lowest BCUT2D eigenvalue weighted by Crippen LogP contribution is -2.48. The van der Waals surface area contributed by atoms with Gasteiger partial charge in [0, 0.05) is 52.7 Å². The van der Waals surface area contributed by atoms with E-state index in [1.54, 1.807) is 23.3 Å². The van der Waals surface area contributed by atoms with Crippen LogP contribution in [0.15, 0.2) is 47.3 Å². The second-order valence-corrected chi connectivity index (χ2v) is 12.0. The Morgan fingerprint density at radius 1 is 0.833 bits per heavy atom. The summed E-state index contributed by atoms with van der Waals surface area (Å²) in [7, 11) is 3.34. The average Bonchev–Trinajstić information content (AvgIpc) is 3.26. The second-order valence-electron chi connectivity index (χ2n) is 12.0. The van der Waals surface area contributed by atoms with E-state index in [2.05, 4.69) is 27.2 Å². The number of carbonyl (C=O) groups is 2. The molecule has 0 bridgehead atoms. The van der Waals surface area contributed by atoms with Gasteiger partial charge in [0.15, 0.2) is 0 Å². The number of nitrogens with one attached hydrogen (secondary N) is 1. The molecule has 1 unspecified atom stereocenters. The number of hydrogen-bond acceptors (Lipinski definition) is 7. The quantitative estimate of drug-likeness (QED) is 0.413. The number of likely N-dealkylation sites (tertiary alicyclic amines) is 1. The molecule has 0 spiro atoms. The Morgan fingerprint density at radius 2 is 1.52 bits per heavy atom. The van der Waals surface area contributed by atoms with Crippen LogP contribution in [0.2, 0.25) is 0 Å². The molecule has 3 saturated heterocycles. The smallest absolute Gasteiger partial charge is 0.329 e. The first kappa shape index (κ1) is 28.6. The second kappa shape index (κ2) is 12.4. The summed E-state index contributed by atoms with van der Waals surface area (Å²) in [4.78, 5) is 46.5. The van der Waals surface area contributed by atoms with Crippen molar-refractivity contribution in [1.29, 1.82) is 0 Å². The molecule has 1 aromatic heterocycles. The Balaban J connectivity index is 1.17. The number of rotatable bonds is 8. The van der Waals surface area contributed by atoms with Crippen LogP contribution in [0.3, 0.4) is 0 Å². The summed E-state index contributed by atoms with van der Waals surface area (Å²) in [6.07, 6.45) is 3.08. The number of methoxy groups -OCH3 is 1. The van der Waals surface area contributed by atoms with Crippen molar-refractivity contribution in [2.45, 2.75) is 44.8 Å². The van der Waals surface area contributed by atoms with Crippen LogP contribution in [-0.2, 0) is 29.7 Å². The van der Waals surface area contributed by atoms with Crippen molar-refractivity contribution >= 4 is 22.8 Å². The predicted molar refractivity (Wildman–Crippen MR) is 161 cm³/mol. The van der Waals surface area contributed by atoms with Crippen molar-refractivity contribution in [3.05, 3.63) is 64.1 Å². The lowest BCUT2D eigenvalue weighted by atomic mass is 9.97. The monoisotopic (exact) mass is 574 g/mol.